The second-order valence-electron chi connectivity index (χ2n) is 6.75. The first-order valence-corrected chi connectivity index (χ1v) is 8.18. The minimum absolute atomic E-state index is 0.173. The summed E-state index contributed by atoms with van der Waals surface area (Å²) in [4.78, 5) is 14.4. The summed E-state index contributed by atoms with van der Waals surface area (Å²) in [7, 11) is 1.88. The molecule has 0 saturated carbocycles. The number of hydrogen-bond donors (Lipinski definition) is 1. The van der Waals surface area contributed by atoms with Crippen LogP contribution in [0.2, 0.25) is 5.02 Å². The molecule has 0 radical (unpaired) electrons. The van der Waals surface area contributed by atoms with Crippen molar-refractivity contribution in [3.05, 3.63) is 29.3 Å². The lowest BCUT2D eigenvalue weighted by atomic mass is 9.92. The highest BCUT2D eigenvalue weighted by Crippen LogP contribution is 2.26. The molecule has 0 unspecified atom stereocenters. The van der Waals surface area contributed by atoms with Crippen molar-refractivity contribution in [1.29, 1.82) is 0 Å². The smallest absolute Gasteiger partial charge is 0.229 e. The van der Waals surface area contributed by atoms with Gasteiger partial charge in [-0.2, -0.15) is 0 Å². The lowest BCUT2D eigenvalue weighted by Gasteiger charge is -2.34. The summed E-state index contributed by atoms with van der Waals surface area (Å²) in [5, 5.41) is 3.33. The van der Waals surface area contributed by atoms with Gasteiger partial charge in [-0.05, 0) is 39.4 Å². The Balaban J connectivity index is 1.91. The zero-order valence-electron chi connectivity index (χ0n) is 13.8. The number of alkyl halides is 1. The van der Waals surface area contributed by atoms with Crippen molar-refractivity contribution in [3.8, 4) is 5.75 Å². The van der Waals surface area contributed by atoms with Crippen LogP contribution in [0.25, 0.3) is 0 Å². The average molecular weight is 343 g/mol. The predicted molar refractivity (Wildman–Crippen MR) is 89.7 cm³/mol. The maximum atomic E-state index is 14.0. The Labute approximate surface area is 141 Å². The number of ether oxygens (including phenoxy) is 1. The third-order valence-electron chi connectivity index (χ3n) is 4.10. The molecule has 1 saturated heterocycles. The molecule has 1 aliphatic heterocycles. The van der Waals surface area contributed by atoms with E-state index in [4.69, 9.17) is 16.3 Å². The molecule has 23 heavy (non-hydrogen) atoms. The number of para-hydroxylation sites is 1. The number of hydrogen-bond acceptors (Lipinski definition) is 3. The van der Waals surface area contributed by atoms with Gasteiger partial charge in [-0.3, -0.25) is 4.79 Å². The van der Waals surface area contributed by atoms with E-state index in [1.54, 1.807) is 26.0 Å². The molecule has 4 nitrogen and oxygen atoms in total. The summed E-state index contributed by atoms with van der Waals surface area (Å²) >= 11 is 6.04. The van der Waals surface area contributed by atoms with Crippen molar-refractivity contribution < 1.29 is 13.9 Å². The van der Waals surface area contributed by atoms with E-state index in [0.717, 1.165) is 6.54 Å². The number of carbonyl (C=O) groups is 1. The zero-order valence-corrected chi connectivity index (χ0v) is 14.6. The number of carbonyl (C=O) groups excluding carboxylic acids is 1. The van der Waals surface area contributed by atoms with Crippen LogP contribution in [-0.4, -0.2) is 49.8 Å². The molecule has 0 bridgehead atoms. The third-order valence-corrected chi connectivity index (χ3v) is 4.41. The molecule has 1 amide bonds. The van der Waals surface area contributed by atoms with E-state index in [1.807, 2.05) is 24.1 Å². The fraction of sp³-hybridized carbons (Fsp3) is 0.588. The highest BCUT2D eigenvalue weighted by atomic mass is 35.5. The topological polar surface area (TPSA) is 41.6 Å². The van der Waals surface area contributed by atoms with Crippen molar-refractivity contribution in [2.45, 2.75) is 32.5 Å². The van der Waals surface area contributed by atoms with Gasteiger partial charge in [0, 0.05) is 13.1 Å². The summed E-state index contributed by atoms with van der Waals surface area (Å²) in [5.74, 6) is 0.333. The van der Waals surface area contributed by atoms with E-state index in [1.165, 1.54) is 0 Å². The Morgan fingerprint density at radius 2 is 2.17 bits per heavy atom. The molecule has 2 atom stereocenters. The van der Waals surface area contributed by atoms with Gasteiger partial charge in [0.05, 0.1) is 16.5 Å². The van der Waals surface area contributed by atoms with Crippen LogP contribution >= 0.6 is 11.6 Å². The second kappa shape index (κ2) is 7.49. The fourth-order valence-electron chi connectivity index (χ4n) is 2.47. The number of benzene rings is 1. The lowest BCUT2D eigenvalue weighted by molar-refractivity contribution is -0.132. The van der Waals surface area contributed by atoms with E-state index in [0.29, 0.717) is 23.7 Å². The van der Waals surface area contributed by atoms with Gasteiger partial charge < -0.3 is 15.0 Å². The molecule has 1 heterocycles. The van der Waals surface area contributed by atoms with Crippen molar-refractivity contribution in [2.24, 2.45) is 5.41 Å². The molecule has 2 rings (SSSR count). The van der Waals surface area contributed by atoms with Gasteiger partial charge in [-0.15, -0.1) is 0 Å². The number of likely N-dealkylation sites (tertiary alicyclic amines) is 1. The quantitative estimate of drug-likeness (QED) is 0.894. The monoisotopic (exact) mass is 342 g/mol. The number of rotatable bonds is 5. The van der Waals surface area contributed by atoms with Gasteiger partial charge in [0.25, 0.3) is 0 Å². The Hall–Kier alpha value is -1.33. The van der Waals surface area contributed by atoms with Crippen molar-refractivity contribution in [3.63, 3.8) is 0 Å². The summed E-state index contributed by atoms with van der Waals surface area (Å²) in [6.45, 7) is 4.86. The van der Waals surface area contributed by atoms with Gasteiger partial charge >= 0.3 is 0 Å². The van der Waals surface area contributed by atoms with Crippen LogP contribution in [0.3, 0.4) is 0 Å². The molecule has 1 fully saturated rings. The van der Waals surface area contributed by atoms with Crippen LogP contribution in [0.5, 0.6) is 5.75 Å². The van der Waals surface area contributed by atoms with E-state index < -0.39 is 17.6 Å². The van der Waals surface area contributed by atoms with Crippen LogP contribution in [0, 0.1) is 5.41 Å². The first-order valence-electron chi connectivity index (χ1n) is 7.80. The summed E-state index contributed by atoms with van der Waals surface area (Å²) < 4.78 is 19.7. The molecule has 6 heteroatoms. The Morgan fingerprint density at radius 3 is 2.83 bits per heavy atom. The van der Waals surface area contributed by atoms with Gasteiger partial charge in [0.15, 0.2) is 0 Å². The van der Waals surface area contributed by atoms with Crippen molar-refractivity contribution >= 4 is 17.5 Å². The molecule has 1 aliphatic rings. The number of amides is 1. The number of nitrogens with zero attached hydrogens (tertiary/aromatic N) is 1. The normalized spacial score (nSPS) is 22.7. The zero-order chi connectivity index (χ0) is 17.0. The Bertz CT molecular complexity index is 553. The summed E-state index contributed by atoms with van der Waals surface area (Å²) in [6, 6.07) is 6.69. The predicted octanol–water partition coefficient (Wildman–Crippen LogP) is 2.90. The lowest BCUT2D eigenvalue weighted by Crippen LogP contribution is -2.54. The maximum absolute atomic E-state index is 14.0. The molecular formula is C17H24ClFN2O2. The molecule has 0 aliphatic carbocycles. The molecule has 0 spiro atoms. The highest BCUT2D eigenvalue weighted by Gasteiger charge is 2.34. The molecule has 128 valence electrons. The van der Waals surface area contributed by atoms with Crippen LogP contribution < -0.4 is 10.1 Å². The molecular weight excluding hydrogens is 319 g/mol. The van der Waals surface area contributed by atoms with E-state index in [2.05, 4.69) is 5.32 Å². The van der Waals surface area contributed by atoms with Gasteiger partial charge in [0.1, 0.15) is 18.5 Å². The van der Waals surface area contributed by atoms with E-state index in [-0.39, 0.29) is 12.5 Å². The van der Waals surface area contributed by atoms with Crippen molar-refractivity contribution in [2.75, 3.05) is 26.7 Å². The minimum Gasteiger partial charge on any atom is -0.491 e. The Morgan fingerprint density at radius 1 is 1.48 bits per heavy atom. The van der Waals surface area contributed by atoms with Crippen LogP contribution in [0.1, 0.15) is 20.3 Å². The maximum Gasteiger partial charge on any atom is 0.229 e. The first kappa shape index (κ1) is 18.0. The van der Waals surface area contributed by atoms with Crippen LogP contribution in [-0.2, 0) is 4.79 Å². The van der Waals surface area contributed by atoms with Gasteiger partial charge in [-0.25, -0.2) is 4.39 Å². The Kier molecular flexibility index (Phi) is 5.87. The second-order valence-corrected chi connectivity index (χ2v) is 7.16. The van der Waals surface area contributed by atoms with Gasteiger partial charge in [-0.1, -0.05) is 23.7 Å². The molecule has 1 aromatic carbocycles. The van der Waals surface area contributed by atoms with Crippen LogP contribution in [0.15, 0.2) is 24.3 Å². The molecule has 1 aromatic rings. The number of piperidine rings is 1. The third kappa shape index (κ3) is 4.82. The largest absolute Gasteiger partial charge is 0.491 e. The standard InChI is InChI=1S/C17H24ClFN2O2/c1-17(2,11-23-15-7-5-4-6-12(15)18)16(22)20-14-8-9-21(3)10-13(14)19/h4-7,13-14H,8-11H2,1-3H3,(H,20,22)/t13-,14-/m0/s1. The molecule has 0 aromatic heterocycles. The van der Waals surface area contributed by atoms with Crippen molar-refractivity contribution in [1.82, 2.24) is 10.2 Å². The number of nitrogens with one attached hydrogen (secondary N) is 1. The van der Waals surface area contributed by atoms with Crippen LogP contribution in [0.4, 0.5) is 4.39 Å². The highest BCUT2D eigenvalue weighted by molar-refractivity contribution is 6.32. The fourth-order valence-corrected chi connectivity index (χ4v) is 2.66. The molecule has 1 N–H and O–H groups in total. The summed E-state index contributed by atoms with van der Waals surface area (Å²) in [5.41, 5.74) is -0.776. The first-order chi connectivity index (χ1) is 10.8. The van der Waals surface area contributed by atoms with E-state index in [9.17, 15) is 9.18 Å². The summed E-state index contributed by atoms with van der Waals surface area (Å²) in [6.07, 6.45) is -0.428. The minimum atomic E-state index is -1.04. The van der Waals surface area contributed by atoms with Gasteiger partial charge in [0.2, 0.25) is 5.91 Å². The van der Waals surface area contributed by atoms with E-state index >= 15 is 0 Å². The SMILES string of the molecule is CN1CC[C@H](NC(=O)C(C)(C)COc2ccccc2Cl)[C@@H](F)C1. The average Bonchev–Trinajstić information content (AvgIpc) is 2.49. The number of halogens is 2.